The van der Waals surface area contributed by atoms with Crippen molar-refractivity contribution in [3.63, 3.8) is 0 Å². The number of amides is 1. The number of hydrogen-bond acceptors (Lipinski definition) is 4. The lowest BCUT2D eigenvalue weighted by atomic mass is 10.1. The Morgan fingerprint density at radius 2 is 1.96 bits per heavy atom. The van der Waals surface area contributed by atoms with E-state index in [4.69, 9.17) is 0 Å². The molecule has 0 spiro atoms. The molecule has 6 nitrogen and oxygen atoms in total. The maximum atomic E-state index is 13.5. The van der Waals surface area contributed by atoms with Gasteiger partial charge in [-0.25, -0.2) is 9.07 Å². The van der Waals surface area contributed by atoms with Gasteiger partial charge in [0.25, 0.3) is 0 Å². The Kier molecular flexibility index (Phi) is 4.90. The zero-order valence-corrected chi connectivity index (χ0v) is 12.9. The number of carbonyl (C=O) groups is 1. The molecule has 0 aliphatic carbocycles. The van der Waals surface area contributed by atoms with Crippen molar-refractivity contribution >= 4 is 5.91 Å². The second-order valence-electron chi connectivity index (χ2n) is 5.23. The van der Waals surface area contributed by atoms with E-state index in [1.54, 1.807) is 41.5 Å². The number of nitrogens with zero attached hydrogens (tertiary/aromatic N) is 4. The lowest BCUT2D eigenvalue weighted by molar-refractivity contribution is -0.121. The topological polar surface area (TPSA) is 72.7 Å². The number of benzene rings is 1. The summed E-state index contributed by atoms with van der Waals surface area (Å²) in [7, 11) is 0. The molecule has 24 heavy (non-hydrogen) atoms. The Bertz CT molecular complexity index is 819. The molecule has 2 aromatic heterocycles. The van der Waals surface area contributed by atoms with Gasteiger partial charge in [-0.05, 0) is 30.2 Å². The van der Waals surface area contributed by atoms with Gasteiger partial charge in [-0.2, -0.15) is 0 Å². The second-order valence-corrected chi connectivity index (χ2v) is 5.23. The standard InChI is InChI=1S/C17H16FN5O/c18-16-4-2-1-3-13(16)5-6-17(24)20-11-14-12-23(22-21-14)15-7-9-19-10-8-15/h1-4,7-10,12H,5-6,11H2,(H,20,24). The first kappa shape index (κ1) is 15.8. The Labute approximate surface area is 138 Å². The van der Waals surface area contributed by atoms with Gasteiger partial charge in [0.1, 0.15) is 11.5 Å². The summed E-state index contributed by atoms with van der Waals surface area (Å²) >= 11 is 0. The normalized spacial score (nSPS) is 10.5. The number of pyridine rings is 1. The summed E-state index contributed by atoms with van der Waals surface area (Å²) in [5, 5.41) is 10.8. The molecule has 3 rings (SSSR count). The number of halogens is 1. The fraction of sp³-hybridized carbons (Fsp3) is 0.176. The summed E-state index contributed by atoms with van der Waals surface area (Å²) < 4.78 is 15.1. The predicted octanol–water partition coefficient (Wildman–Crippen LogP) is 2.05. The molecule has 3 aromatic rings. The van der Waals surface area contributed by atoms with Crippen molar-refractivity contribution in [1.29, 1.82) is 0 Å². The van der Waals surface area contributed by atoms with Crippen LogP contribution in [0.3, 0.4) is 0 Å². The maximum absolute atomic E-state index is 13.5. The molecule has 0 saturated heterocycles. The molecular weight excluding hydrogens is 309 g/mol. The first-order valence-corrected chi connectivity index (χ1v) is 7.54. The molecule has 0 bridgehead atoms. The monoisotopic (exact) mass is 325 g/mol. The molecule has 1 N–H and O–H groups in total. The average molecular weight is 325 g/mol. The molecule has 0 saturated carbocycles. The van der Waals surface area contributed by atoms with Crippen molar-refractivity contribution in [2.75, 3.05) is 0 Å². The van der Waals surface area contributed by atoms with Gasteiger partial charge in [0.2, 0.25) is 5.91 Å². The van der Waals surface area contributed by atoms with Crippen molar-refractivity contribution in [1.82, 2.24) is 25.3 Å². The molecule has 122 valence electrons. The van der Waals surface area contributed by atoms with E-state index >= 15 is 0 Å². The molecule has 7 heteroatoms. The molecular formula is C17H16FN5O. The van der Waals surface area contributed by atoms with Crippen LogP contribution in [0, 0.1) is 5.82 Å². The number of aromatic nitrogens is 4. The van der Waals surface area contributed by atoms with Gasteiger partial charge in [0, 0.05) is 18.8 Å². The summed E-state index contributed by atoms with van der Waals surface area (Å²) in [4.78, 5) is 15.8. The Morgan fingerprint density at radius 1 is 1.17 bits per heavy atom. The van der Waals surface area contributed by atoms with Crippen molar-refractivity contribution in [3.05, 3.63) is 72.1 Å². The van der Waals surface area contributed by atoms with E-state index in [0.717, 1.165) is 5.69 Å². The highest BCUT2D eigenvalue weighted by Gasteiger charge is 2.07. The number of aryl methyl sites for hydroxylation is 1. The molecule has 0 radical (unpaired) electrons. The van der Waals surface area contributed by atoms with Crippen LogP contribution in [0.25, 0.3) is 5.69 Å². The van der Waals surface area contributed by atoms with Crippen LogP contribution in [0.15, 0.2) is 55.0 Å². The van der Waals surface area contributed by atoms with Crippen LogP contribution >= 0.6 is 0 Å². The van der Waals surface area contributed by atoms with E-state index in [2.05, 4.69) is 20.6 Å². The minimum Gasteiger partial charge on any atom is -0.350 e. The van der Waals surface area contributed by atoms with E-state index in [-0.39, 0.29) is 24.7 Å². The summed E-state index contributed by atoms with van der Waals surface area (Å²) in [6.45, 7) is 0.279. The van der Waals surface area contributed by atoms with E-state index in [1.165, 1.54) is 6.07 Å². The summed E-state index contributed by atoms with van der Waals surface area (Å²) in [6, 6.07) is 10.1. The van der Waals surface area contributed by atoms with Gasteiger partial charge in [-0.1, -0.05) is 23.4 Å². The smallest absolute Gasteiger partial charge is 0.220 e. The van der Waals surface area contributed by atoms with Gasteiger partial charge in [0.15, 0.2) is 0 Å². The summed E-state index contributed by atoms with van der Waals surface area (Å²) in [5.74, 6) is -0.442. The average Bonchev–Trinajstić information content (AvgIpc) is 3.09. The van der Waals surface area contributed by atoms with Crippen molar-refractivity contribution in [2.45, 2.75) is 19.4 Å². The van der Waals surface area contributed by atoms with Gasteiger partial charge in [-0.3, -0.25) is 9.78 Å². The molecule has 1 amide bonds. The van der Waals surface area contributed by atoms with Gasteiger partial charge in [-0.15, -0.1) is 5.10 Å². The fourth-order valence-electron chi connectivity index (χ4n) is 2.23. The highest BCUT2D eigenvalue weighted by atomic mass is 19.1. The minimum absolute atomic E-state index is 0.156. The SMILES string of the molecule is O=C(CCc1ccccc1F)NCc1cn(-c2ccncc2)nn1. The summed E-state index contributed by atoms with van der Waals surface area (Å²) in [5.41, 5.74) is 2.02. The van der Waals surface area contributed by atoms with Crippen LogP contribution in [-0.2, 0) is 17.8 Å². The van der Waals surface area contributed by atoms with Crippen molar-refractivity contribution < 1.29 is 9.18 Å². The first-order valence-electron chi connectivity index (χ1n) is 7.54. The molecule has 0 unspecified atom stereocenters. The van der Waals surface area contributed by atoms with Crippen LogP contribution in [0.5, 0.6) is 0 Å². The third kappa shape index (κ3) is 4.01. The number of hydrogen-bond donors (Lipinski definition) is 1. The Balaban J connectivity index is 1.50. The van der Waals surface area contributed by atoms with Gasteiger partial charge >= 0.3 is 0 Å². The highest BCUT2D eigenvalue weighted by Crippen LogP contribution is 2.09. The van der Waals surface area contributed by atoms with E-state index < -0.39 is 0 Å². The lowest BCUT2D eigenvalue weighted by Crippen LogP contribution is -2.23. The zero-order chi connectivity index (χ0) is 16.8. The largest absolute Gasteiger partial charge is 0.350 e. The molecule has 0 fully saturated rings. The third-order valence-corrected chi connectivity index (χ3v) is 3.51. The maximum Gasteiger partial charge on any atom is 0.220 e. The summed E-state index contributed by atoms with van der Waals surface area (Å²) in [6.07, 6.45) is 5.66. The van der Waals surface area contributed by atoms with Crippen LogP contribution in [0.2, 0.25) is 0 Å². The highest BCUT2D eigenvalue weighted by molar-refractivity contribution is 5.76. The zero-order valence-electron chi connectivity index (χ0n) is 12.9. The van der Waals surface area contributed by atoms with Crippen LogP contribution < -0.4 is 5.32 Å². The minimum atomic E-state index is -0.286. The van der Waals surface area contributed by atoms with Crippen LogP contribution in [0.1, 0.15) is 17.7 Å². The molecule has 0 aliphatic heterocycles. The van der Waals surface area contributed by atoms with E-state index in [9.17, 15) is 9.18 Å². The van der Waals surface area contributed by atoms with Gasteiger partial charge in [0.05, 0.1) is 18.4 Å². The van der Waals surface area contributed by atoms with Crippen molar-refractivity contribution in [2.24, 2.45) is 0 Å². The Hall–Kier alpha value is -3.09. The van der Waals surface area contributed by atoms with Crippen LogP contribution in [-0.4, -0.2) is 25.9 Å². The Morgan fingerprint density at radius 3 is 2.75 bits per heavy atom. The first-order chi connectivity index (χ1) is 11.7. The molecule has 0 aliphatic rings. The molecule has 0 atom stereocenters. The molecule has 2 heterocycles. The second kappa shape index (κ2) is 7.45. The van der Waals surface area contributed by atoms with Crippen LogP contribution in [0.4, 0.5) is 4.39 Å². The fourth-order valence-corrected chi connectivity index (χ4v) is 2.23. The number of nitrogens with one attached hydrogen (secondary N) is 1. The molecule has 1 aromatic carbocycles. The lowest BCUT2D eigenvalue weighted by Gasteiger charge is -2.04. The van der Waals surface area contributed by atoms with E-state index in [1.807, 2.05) is 12.1 Å². The van der Waals surface area contributed by atoms with E-state index in [0.29, 0.717) is 17.7 Å². The third-order valence-electron chi connectivity index (χ3n) is 3.51. The van der Waals surface area contributed by atoms with Crippen molar-refractivity contribution in [3.8, 4) is 5.69 Å². The predicted molar refractivity (Wildman–Crippen MR) is 85.7 cm³/mol. The number of rotatable bonds is 6. The quantitative estimate of drug-likeness (QED) is 0.753. The number of carbonyl (C=O) groups excluding carboxylic acids is 1. The van der Waals surface area contributed by atoms with Gasteiger partial charge < -0.3 is 5.32 Å².